The van der Waals surface area contributed by atoms with Gasteiger partial charge in [0.15, 0.2) is 0 Å². The Balaban J connectivity index is 2.09. The van der Waals surface area contributed by atoms with Gasteiger partial charge in [-0.15, -0.1) is 0 Å². The minimum atomic E-state index is -0.980. The lowest BCUT2D eigenvalue weighted by molar-refractivity contribution is -0.138. The summed E-state index contributed by atoms with van der Waals surface area (Å²) in [6, 6.07) is 4.41. The molecule has 24 heavy (non-hydrogen) atoms. The van der Waals surface area contributed by atoms with Crippen molar-refractivity contribution in [2.45, 2.75) is 46.7 Å². The van der Waals surface area contributed by atoms with E-state index in [2.05, 4.69) is 5.32 Å². The van der Waals surface area contributed by atoms with E-state index in [1.807, 2.05) is 6.07 Å². The van der Waals surface area contributed by atoms with Crippen LogP contribution in [0.15, 0.2) is 18.2 Å². The number of rotatable bonds is 3. The highest BCUT2D eigenvalue weighted by Gasteiger charge is 2.29. The van der Waals surface area contributed by atoms with E-state index >= 15 is 0 Å². The Morgan fingerprint density at radius 2 is 1.88 bits per heavy atom. The summed E-state index contributed by atoms with van der Waals surface area (Å²) in [6.45, 7) is 7.99. The van der Waals surface area contributed by atoms with E-state index in [0.29, 0.717) is 19.5 Å². The maximum atomic E-state index is 12.6. The van der Waals surface area contributed by atoms with Crippen molar-refractivity contribution in [3.63, 3.8) is 0 Å². The van der Waals surface area contributed by atoms with Crippen LogP contribution in [-0.2, 0) is 22.6 Å². The van der Waals surface area contributed by atoms with Crippen LogP contribution in [0.3, 0.4) is 0 Å². The summed E-state index contributed by atoms with van der Waals surface area (Å²) in [6.07, 6.45) is 0.681. The van der Waals surface area contributed by atoms with Crippen LogP contribution in [0.4, 0.5) is 0 Å². The number of carboxylic acid groups (broad SMARTS) is 1. The number of nitrogens with one attached hydrogen (secondary N) is 1. The first-order chi connectivity index (χ1) is 11.1. The molecule has 6 nitrogen and oxygen atoms in total. The van der Waals surface area contributed by atoms with E-state index in [-0.39, 0.29) is 17.4 Å². The van der Waals surface area contributed by atoms with Gasteiger partial charge in [-0.25, -0.2) is 4.79 Å². The summed E-state index contributed by atoms with van der Waals surface area (Å²) in [5.74, 6) is -1.31. The van der Waals surface area contributed by atoms with Crippen LogP contribution in [0.5, 0.6) is 0 Å². The van der Waals surface area contributed by atoms with Crippen molar-refractivity contribution < 1.29 is 19.5 Å². The Kier molecular flexibility index (Phi) is 4.96. The van der Waals surface area contributed by atoms with Crippen LogP contribution < -0.4 is 5.32 Å². The molecule has 0 bridgehead atoms. The van der Waals surface area contributed by atoms with Gasteiger partial charge in [0.2, 0.25) is 11.8 Å². The molecular weight excluding hydrogens is 308 g/mol. The molecule has 130 valence electrons. The second-order valence-electron chi connectivity index (χ2n) is 7.24. The van der Waals surface area contributed by atoms with E-state index in [1.165, 1.54) is 0 Å². The van der Waals surface area contributed by atoms with E-state index in [1.54, 1.807) is 44.7 Å². The molecule has 1 heterocycles. The van der Waals surface area contributed by atoms with Gasteiger partial charge < -0.3 is 15.3 Å². The summed E-state index contributed by atoms with van der Waals surface area (Å²) < 4.78 is 0. The van der Waals surface area contributed by atoms with Gasteiger partial charge in [0.25, 0.3) is 0 Å². The zero-order chi connectivity index (χ0) is 18.1. The highest BCUT2D eigenvalue weighted by atomic mass is 16.4. The minimum Gasteiger partial charge on any atom is -0.478 e. The van der Waals surface area contributed by atoms with Crippen molar-refractivity contribution >= 4 is 17.8 Å². The molecule has 2 N–H and O–H groups in total. The zero-order valence-corrected chi connectivity index (χ0v) is 14.5. The van der Waals surface area contributed by atoms with Crippen LogP contribution >= 0.6 is 0 Å². The first-order valence-electron chi connectivity index (χ1n) is 8.04. The van der Waals surface area contributed by atoms with Gasteiger partial charge >= 0.3 is 5.97 Å². The van der Waals surface area contributed by atoms with Crippen molar-refractivity contribution in [1.82, 2.24) is 10.2 Å². The molecule has 0 aromatic heterocycles. The second kappa shape index (κ2) is 6.63. The predicted octanol–water partition coefficient (Wildman–Crippen LogP) is 1.82. The fourth-order valence-electron chi connectivity index (χ4n) is 2.63. The van der Waals surface area contributed by atoms with Crippen LogP contribution in [0.25, 0.3) is 0 Å². The largest absolute Gasteiger partial charge is 0.478 e. The van der Waals surface area contributed by atoms with Crippen LogP contribution in [0.1, 0.15) is 49.2 Å². The third-order valence-corrected chi connectivity index (χ3v) is 4.18. The molecule has 0 saturated heterocycles. The van der Waals surface area contributed by atoms with Crippen LogP contribution in [0.2, 0.25) is 0 Å². The van der Waals surface area contributed by atoms with Crippen LogP contribution in [0, 0.1) is 5.41 Å². The quantitative estimate of drug-likeness (QED) is 0.884. The molecule has 1 unspecified atom stereocenters. The van der Waals surface area contributed by atoms with E-state index < -0.39 is 17.4 Å². The molecule has 6 heteroatoms. The number of carbonyl (C=O) groups is 3. The standard InChI is InChI=1S/C18H24N2O4/c1-11(19-17(24)18(2,3)4)15(21)20-8-7-12-5-6-13(16(22)23)9-14(12)10-20/h5-6,9,11H,7-8,10H2,1-4H3,(H,19,24)(H,22,23). The summed E-state index contributed by atoms with van der Waals surface area (Å²) in [5.41, 5.74) is 1.58. The zero-order valence-electron chi connectivity index (χ0n) is 14.5. The molecule has 0 spiro atoms. The predicted molar refractivity (Wildman–Crippen MR) is 89.6 cm³/mol. The van der Waals surface area contributed by atoms with Gasteiger partial charge in [-0.1, -0.05) is 26.8 Å². The molecule has 1 atom stereocenters. The van der Waals surface area contributed by atoms with Crippen molar-refractivity contribution in [2.24, 2.45) is 5.41 Å². The number of carbonyl (C=O) groups excluding carboxylic acids is 2. The Morgan fingerprint density at radius 1 is 1.21 bits per heavy atom. The highest BCUT2D eigenvalue weighted by Crippen LogP contribution is 2.21. The molecule has 0 aliphatic carbocycles. The van der Waals surface area contributed by atoms with Crippen LogP contribution in [-0.4, -0.2) is 40.4 Å². The number of nitrogens with zero attached hydrogens (tertiary/aromatic N) is 1. The van der Waals surface area contributed by atoms with E-state index in [4.69, 9.17) is 5.11 Å². The number of hydrogen-bond donors (Lipinski definition) is 2. The highest BCUT2D eigenvalue weighted by molar-refractivity contribution is 5.90. The Labute approximate surface area is 141 Å². The van der Waals surface area contributed by atoms with Crippen molar-refractivity contribution in [3.05, 3.63) is 34.9 Å². The Morgan fingerprint density at radius 3 is 2.46 bits per heavy atom. The van der Waals surface area contributed by atoms with Gasteiger partial charge in [0.05, 0.1) is 5.56 Å². The molecule has 2 rings (SSSR count). The summed E-state index contributed by atoms with van der Waals surface area (Å²) in [5, 5.41) is 11.8. The lowest BCUT2D eigenvalue weighted by Crippen LogP contribution is -2.50. The fraction of sp³-hybridized carbons (Fsp3) is 0.500. The molecule has 1 aliphatic rings. The van der Waals surface area contributed by atoms with Crippen molar-refractivity contribution in [3.8, 4) is 0 Å². The Bertz CT molecular complexity index is 676. The van der Waals surface area contributed by atoms with Crippen molar-refractivity contribution in [1.29, 1.82) is 0 Å². The van der Waals surface area contributed by atoms with Gasteiger partial charge in [-0.2, -0.15) is 0 Å². The molecule has 1 aromatic carbocycles. The lowest BCUT2D eigenvalue weighted by atomic mass is 9.95. The van der Waals surface area contributed by atoms with Crippen molar-refractivity contribution in [2.75, 3.05) is 6.54 Å². The molecule has 0 radical (unpaired) electrons. The molecule has 1 aromatic rings. The first kappa shape index (κ1) is 18.0. The Hall–Kier alpha value is -2.37. The number of amides is 2. The molecule has 2 amide bonds. The SMILES string of the molecule is CC(NC(=O)C(C)(C)C)C(=O)N1CCc2ccc(C(=O)O)cc2C1. The fourth-order valence-corrected chi connectivity index (χ4v) is 2.63. The van der Waals surface area contributed by atoms with Gasteiger partial charge in [0.1, 0.15) is 6.04 Å². The summed E-state index contributed by atoms with van der Waals surface area (Å²) >= 11 is 0. The molecular formula is C18H24N2O4. The average Bonchev–Trinajstić information content (AvgIpc) is 2.51. The number of hydrogen-bond acceptors (Lipinski definition) is 3. The maximum absolute atomic E-state index is 12.6. The van der Waals surface area contributed by atoms with E-state index in [0.717, 1.165) is 11.1 Å². The lowest BCUT2D eigenvalue weighted by Gasteiger charge is -2.32. The number of carboxylic acids is 1. The number of aromatic carboxylic acids is 1. The van der Waals surface area contributed by atoms with Gasteiger partial charge in [0, 0.05) is 18.5 Å². The molecule has 1 aliphatic heterocycles. The molecule has 0 fully saturated rings. The maximum Gasteiger partial charge on any atom is 0.335 e. The monoisotopic (exact) mass is 332 g/mol. The second-order valence-corrected chi connectivity index (χ2v) is 7.24. The topological polar surface area (TPSA) is 86.7 Å². The third-order valence-electron chi connectivity index (χ3n) is 4.18. The smallest absolute Gasteiger partial charge is 0.335 e. The first-order valence-corrected chi connectivity index (χ1v) is 8.04. The number of fused-ring (bicyclic) bond motifs is 1. The van der Waals surface area contributed by atoms with E-state index in [9.17, 15) is 14.4 Å². The number of benzene rings is 1. The average molecular weight is 332 g/mol. The summed E-state index contributed by atoms with van der Waals surface area (Å²) in [7, 11) is 0. The molecule has 0 saturated carbocycles. The van der Waals surface area contributed by atoms with Gasteiger partial charge in [-0.3, -0.25) is 9.59 Å². The summed E-state index contributed by atoms with van der Waals surface area (Å²) in [4.78, 5) is 37.4. The normalized spacial score (nSPS) is 15.4. The van der Waals surface area contributed by atoms with Gasteiger partial charge in [-0.05, 0) is 36.6 Å². The minimum absolute atomic E-state index is 0.154. The third kappa shape index (κ3) is 3.93.